The van der Waals surface area contributed by atoms with Crippen molar-refractivity contribution in [3.63, 3.8) is 0 Å². The molecular weight excluding hydrogens is 481 g/mol. The van der Waals surface area contributed by atoms with E-state index in [4.69, 9.17) is 11.6 Å². The van der Waals surface area contributed by atoms with E-state index in [1.807, 2.05) is 24.3 Å². The van der Waals surface area contributed by atoms with Gasteiger partial charge in [-0.3, -0.25) is 14.2 Å². The smallest absolute Gasteiger partial charge is 0.308 e. The Kier molecular flexibility index (Phi) is 6.40. The van der Waals surface area contributed by atoms with Gasteiger partial charge in [-0.25, -0.2) is 9.18 Å². The maximum atomic E-state index is 15.0. The Labute approximate surface area is 211 Å². The highest BCUT2D eigenvalue weighted by molar-refractivity contribution is 6.30. The van der Waals surface area contributed by atoms with Gasteiger partial charge in [0.2, 0.25) is 0 Å². The molecule has 2 amide bonds. The summed E-state index contributed by atoms with van der Waals surface area (Å²) in [5.41, 5.74) is 2.40. The van der Waals surface area contributed by atoms with Gasteiger partial charge in [0, 0.05) is 35.9 Å². The van der Waals surface area contributed by atoms with Gasteiger partial charge >= 0.3 is 6.03 Å². The topological polar surface area (TPSA) is 71.4 Å². The Bertz CT molecular complexity index is 1520. The van der Waals surface area contributed by atoms with Crippen LogP contribution in [0.2, 0.25) is 5.02 Å². The van der Waals surface area contributed by atoms with E-state index in [1.165, 1.54) is 27.7 Å². The number of nitrogens with zero attached hydrogens (tertiary/aromatic N) is 2. The molecular formula is C28H21ClFN3O3. The second kappa shape index (κ2) is 9.79. The summed E-state index contributed by atoms with van der Waals surface area (Å²) in [6.45, 7) is 0.254. The largest absolute Gasteiger partial charge is 0.323 e. The van der Waals surface area contributed by atoms with Gasteiger partial charge in [0.05, 0.1) is 5.69 Å². The van der Waals surface area contributed by atoms with Crippen molar-refractivity contribution >= 4 is 29.1 Å². The molecule has 0 fully saturated rings. The van der Waals surface area contributed by atoms with Crippen LogP contribution >= 0.6 is 11.6 Å². The molecule has 1 atom stereocenters. The van der Waals surface area contributed by atoms with Gasteiger partial charge in [-0.2, -0.15) is 0 Å². The van der Waals surface area contributed by atoms with Crippen molar-refractivity contribution in [2.45, 2.75) is 19.0 Å². The summed E-state index contributed by atoms with van der Waals surface area (Å²) in [4.78, 5) is 40.2. The van der Waals surface area contributed by atoms with E-state index < -0.39 is 17.9 Å². The number of Topliss-reactive ketones (excluding diaryl/α,β-unsaturated/α-hetero) is 1. The highest BCUT2D eigenvalue weighted by Crippen LogP contribution is 2.36. The molecule has 1 N–H and O–H groups in total. The van der Waals surface area contributed by atoms with Crippen molar-refractivity contribution in [3.8, 4) is 5.69 Å². The molecule has 6 nitrogen and oxygen atoms in total. The van der Waals surface area contributed by atoms with Crippen LogP contribution in [-0.2, 0) is 17.8 Å². The summed E-state index contributed by atoms with van der Waals surface area (Å²) in [5.74, 6) is -0.908. The number of carbonyl (C=O) groups is 2. The minimum absolute atomic E-state index is 0.190. The van der Waals surface area contributed by atoms with Crippen LogP contribution in [0, 0.1) is 5.82 Å². The highest BCUT2D eigenvalue weighted by Gasteiger charge is 2.38. The predicted molar refractivity (Wildman–Crippen MR) is 136 cm³/mol. The fraction of sp³-hybridized carbons (Fsp3) is 0.107. The van der Waals surface area contributed by atoms with Crippen LogP contribution in [-0.4, -0.2) is 21.3 Å². The molecule has 180 valence electrons. The molecule has 8 heteroatoms. The van der Waals surface area contributed by atoms with Gasteiger partial charge < -0.3 is 10.2 Å². The maximum absolute atomic E-state index is 15.0. The van der Waals surface area contributed by atoms with Crippen LogP contribution in [0.5, 0.6) is 0 Å². The van der Waals surface area contributed by atoms with Crippen LogP contribution in [0.3, 0.4) is 0 Å². The average Bonchev–Trinajstić information content (AvgIpc) is 3.27. The van der Waals surface area contributed by atoms with Crippen molar-refractivity contribution in [3.05, 3.63) is 129 Å². The van der Waals surface area contributed by atoms with E-state index in [-0.39, 0.29) is 29.9 Å². The van der Waals surface area contributed by atoms with Crippen LogP contribution in [0.1, 0.15) is 22.7 Å². The van der Waals surface area contributed by atoms with Crippen LogP contribution in [0.25, 0.3) is 5.69 Å². The summed E-state index contributed by atoms with van der Waals surface area (Å²) >= 11 is 5.93. The molecule has 0 spiro atoms. The summed E-state index contributed by atoms with van der Waals surface area (Å²) in [5, 5.41) is 3.35. The Morgan fingerprint density at radius 2 is 1.72 bits per heavy atom. The van der Waals surface area contributed by atoms with E-state index >= 15 is 4.39 Å². The highest BCUT2D eigenvalue weighted by atomic mass is 35.5. The van der Waals surface area contributed by atoms with E-state index in [9.17, 15) is 14.4 Å². The number of rotatable bonds is 5. The minimum Gasteiger partial charge on any atom is -0.308 e. The molecule has 36 heavy (non-hydrogen) atoms. The Hall–Kier alpha value is -4.23. The summed E-state index contributed by atoms with van der Waals surface area (Å²) < 4.78 is 16.3. The first-order valence-corrected chi connectivity index (χ1v) is 11.7. The average molecular weight is 502 g/mol. The van der Waals surface area contributed by atoms with Gasteiger partial charge in [0.25, 0.3) is 5.56 Å². The van der Waals surface area contributed by atoms with Crippen LogP contribution < -0.4 is 10.9 Å². The lowest BCUT2D eigenvalue weighted by Crippen LogP contribution is -2.37. The second-order valence-corrected chi connectivity index (χ2v) is 8.93. The zero-order valence-corrected chi connectivity index (χ0v) is 19.8. The number of pyridine rings is 1. The summed E-state index contributed by atoms with van der Waals surface area (Å²) in [7, 11) is 0. The molecule has 5 rings (SSSR count). The first-order chi connectivity index (χ1) is 17.4. The zero-order chi connectivity index (χ0) is 25.2. The van der Waals surface area contributed by atoms with E-state index in [0.29, 0.717) is 16.4 Å². The first kappa shape index (κ1) is 23.5. The molecule has 0 radical (unpaired) electrons. The number of ketones is 1. The minimum atomic E-state index is -0.857. The van der Waals surface area contributed by atoms with Crippen molar-refractivity contribution in [2.75, 3.05) is 5.32 Å². The number of urea groups is 1. The molecule has 1 aromatic heterocycles. The van der Waals surface area contributed by atoms with Gasteiger partial charge in [-0.15, -0.1) is 0 Å². The lowest BCUT2D eigenvalue weighted by Gasteiger charge is -2.25. The lowest BCUT2D eigenvalue weighted by atomic mass is 9.96. The second-order valence-electron chi connectivity index (χ2n) is 8.49. The number of halogens is 2. The van der Waals surface area contributed by atoms with Gasteiger partial charge in [-0.05, 0) is 59.2 Å². The molecule has 1 aliphatic heterocycles. The first-order valence-electron chi connectivity index (χ1n) is 11.3. The number of hydrogen-bond donors (Lipinski definition) is 1. The Balaban J connectivity index is 1.40. The number of carbonyl (C=O) groups excluding carboxylic acids is 2. The van der Waals surface area contributed by atoms with Gasteiger partial charge in [0.15, 0.2) is 5.78 Å². The summed E-state index contributed by atoms with van der Waals surface area (Å²) in [6.07, 6.45) is 1.34. The molecule has 3 aromatic carbocycles. The van der Waals surface area contributed by atoms with Crippen molar-refractivity contribution in [1.29, 1.82) is 0 Å². The molecule has 0 saturated heterocycles. The third-order valence-electron chi connectivity index (χ3n) is 6.17. The normalized spacial score (nSPS) is 14.4. The molecule has 0 saturated carbocycles. The van der Waals surface area contributed by atoms with Crippen LogP contribution in [0.15, 0.2) is 95.9 Å². The van der Waals surface area contributed by atoms with E-state index in [2.05, 4.69) is 5.32 Å². The van der Waals surface area contributed by atoms with E-state index in [1.54, 1.807) is 48.7 Å². The van der Waals surface area contributed by atoms with Gasteiger partial charge in [-0.1, -0.05) is 48.0 Å². The number of nitrogens with one attached hydrogen (secondary N) is 1. The third-order valence-corrected chi connectivity index (χ3v) is 6.42. The number of aromatic nitrogens is 1. The third kappa shape index (κ3) is 4.65. The number of amides is 2. The number of benzene rings is 3. The lowest BCUT2D eigenvalue weighted by molar-refractivity contribution is -0.122. The van der Waals surface area contributed by atoms with Crippen molar-refractivity contribution < 1.29 is 14.0 Å². The fourth-order valence-electron chi connectivity index (χ4n) is 4.41. The van der Waals surface area contributed by atoms with E-state index in [0.717, 1.165) is 11.1 Å². The monoisotopic (exact) mass is 501 g/mol. The Morgan fingerprint density at radius 1 is 0.972 bits per heavy atom. The number of hydrogen-bond acceptors (Lipinski definition) is 3. The van der Waals surface area contributed by atoms with Crippen molar-refractivity contribution in [2.24, 2.45) is 0 Å². The maximum Gasteiger partial charge on any atom is 0.323 e. The molecule has 1 aliphatic rings. The number of fused-ring (bicyclic) bond motifs is 1. The standard InChI is InChI=1S/C28H21ClFN3O3/c29-20-9-11-21(12-10-20)31-28(36)33-17-19-5-1-2-6-23(19)27(33)25(34)15-18-8-13-22(16-24(18)30)32-14-4-3-7-26(32)35/h1-14,16,27H,15,17H2,(H,31,36). The summed E-state index contributed by atoms with van der Waals surface area (Å²) in [6, 6.07) is 21.7. The fourth-order valence-corrected chi connectivity index (χ4v) is 4.53. The molecule has 0 aliphatic carbocycles. The molecule has 1 unspecified atom stereocenters. The molecule has 0 bridgehead atoms. The van der Waals surface area contributed by atoms with Crippen molar-refractivity contribution in [1.82, 2.24) is 9.47 Å². The SMILES string of the molecule is O=C(Cc1ccc(-n2ccccc2=O)cc1F)C1c2ccccc2CN1C(=O)Nc1ccc(Cl)cc1. The van der Waals surface area contributed by atoms with Gasteiger partial charge in [0.1, 0.15) is 11.9 Å². The van der Waals surface area contributed by atoms with Crippen LogP contribution in [0.4, 0.5) is 14.9 Å². The predicted octanol–water partition coefficient (Wildman–Crippen LogP) is 5.53. The molecule has 4 aromatic rings. The molecule has 2 heterocycles. The quantitative estimate of drug-likeness (QED) is 0.391. The number of anilines is 1. The Morgan fingerprint density at radius 3 is 2.47 bits per heavy atom. The zero-order valence-electron chi connectivity index (χ0n) is 19.0.